The Labute approximate surface area is 119 Å². The van der Waals surface area contributed by atoms with Gasteiger partial charge in [-0.3, -0.25) is 9.69 Å². The monoisotopic (exact) mass is 279 g/mol. The van der Waals surface area contributed by atoms with Crippen LogP contribution in [0.1, 0.15) is 24.2 Å². The number of hydrogen-bond donors (Lipinski definition) is 0. The zero-order valence-corrected chi connectivity index (χ0v) is 12.2. The fourth-order valence-electron chi connectivity index (χ4n) is 2.27. The molecule has 0 saturated carbocycles. The van der Waals surface area contributed by atoms with E-state index in [-0.39, 0.29) is 18.6 Å². The van der Waals surface area contributed by atoms with Gasteiger partial charge in [0.2, 0.25) is 6.79 Å². The molecule has 0 saturated heterocycles. The number of ketones is 1. The number of carbonyl (C=O) groups excluding carboxylic acids is 1. The van der Waals surface area contributed by atoms with Crippen molar-refractivity contribution in [3.05, 3.63) is 23.8 Å². The predicted molar refractivity (Wildman–Crippen MR) is 75.5 cm³/mol. The second kappa shape index (κ2) is 6.72. The zero-order valence-electron chi connectivity index (χ0n) is 12.2. The first-order valence-corrected chi connectivity index (χ1v) is 6.81. The summed E-state index contributed by atoms with van der Waals surface area (Å²) in [4.78, 5) is 14.4. The predicted octanol–water partition coefficient (Wildman–Crippen LogP) is 1.95. The van der Waals surface area contributed by atoms with Crippen LogP contribution in [0.5, 0.6) is 11.5 Å². The summed E-state index contributed by atoms with van der Waals surface area (Å²) in [5, 5.41) is 0. The molecule has 1 atom stereocenters. The largest absolute Gasteiger partial charge is 0.454 e. The van der Waals surface area contributed by atoms with Gasteiger partial charge in [0.05, 0.1) is 13.2 Å². The SMILES string of the molecule is CCN(CC(=O)c1ccc2c(c1)OCO2)C(C)COC. The first-order chi connectivity index (χ1) is 9.65. The summed E-state index contributed by atoms with van der Waals surface area (Å²) in [5.41, 5.74) is 0.650. The minimum absolute atomic E-state index is 0.0769. The van der Waals surface area contributed by atoms with Gasteiger partial charge in [0.15, 0.2) is 17.3 Å². The number of ether oxygens (including phenoxy) is 3. The Morgan fingerprint density at radius 3 is 2.85 bits per heavy atom. The molecule has 2 rings (SSSR count). The number of rotatable bonds is 7. The number of benzene rings is 1. The van der Waals surface area contributed by atoms with Crippen LogP contribution in [0.15, 0.2) is 18.2 Å². The molecule has 1 aliphatic rings. The number of carbonyl (C=O) groups is 1. The quantitative estimate of drug-likeness (QED) is 0.714. The average molecular weight is 279 g/mol. The van der Waals surface area contributed by atoms with Crippen molar-refractivity contribution in [3.8, 4) is 11.5 Å². The minimum atomic E-state index is 0.0769. The van der Waals surface area contributed by atoms with Crippen LogP contribution < -0.4 is 9.47 Å². The fraction of sp³-hybridized carbons (Fsp3) is 0.533. The van der Waals surface area contributed by atoms with Gasteiger partial charge in [-0.2, -0.15) is 0 Å². The van der Waals surface area contributed by atoms with Crippen LogP contribution in [0, 0.1) is 0 Å². The van der Waals surface area contributed by atoms with Crippen LogP contribution in [0.25, 0.3) is 0 Å². The molecule has 0 bridgehead atoms. The van der Waals surface area contributed by atoms with E-state index in [1.165, 1.54) is 0 Å². The van der Waals surface area contributed by atoms with E-state index in [0.717, 1.165) is 6.54 Å². The molecule has 1 aromatic rings. The van der Waals surface area contributed by atoms with Gasteiger partial charge in [0, 0.05) is 18.7 Å². The number of Topliss-reactive ketones (excluding diaryl/α,β-unsaturated/α-hetero) is 1. The van der Waals surface area contributed by atoms with Crippen LogP contribution in [0.4, 0.5) is 0 Å². The molecule has 5 nitrogen and oxygen atoms in total. The molecule has 1 aliphatic heterocycles. The van der Waals surface area contributed by atoms with E-state index >= 15 is 0 Å². The van der Waals surface area contributed by atoms with Crippen molar-refractivity contribution in [1.29, 1.82) is 0 Å². The van der Waals surface area contributed by atoms with Crippen LogP contribution in [-0.2, 0) is 4.74 Å². The Bertz CT molecular complexity index is 475. The number of nitrogens with zero attached hydrogens (tertiary/aromatic N) is 1. The van der Waals surface area contributed by atoms with Gasteiger partial charge in [0.25, 0.3) is 0 Å². The summed E-state index contributed by atoms with van der Waals surface area (Å²) in [6, 6.07) is 5.53. The maximum Gasteiger partial charge on any atom is 0.231 e. The standard InChI is InChI=1S/C15H21NO4/c1-4-16(11(2)9-18-3)8-13(17)12-5-6-14-15(7-12)20-10-19-14/h5-7,11H,4,8-10H2,1-3H3. The summed E-state index contributed by atoms with van der Waals surface area (Å²) in [5.74, 6) is 1.42. The van der Waals surface area contributed by atoms with Gasteiger partial charge in [-0.25, -0.2) is 0 Å². The van der Waals surface area contributed by atoms with Crippen LogP contribution in [0.2, 0.25) is 0 Å². The van der Waals surface area contributed by atoms with Crippen LogP contribution in [-0.4, -0.2) is 50.3 Å². The van der Waals surface area contributed by atoms with Crippen molar-refractivity contribution in [2.24, 2.45) is 0 Å². The van der Waals surface area contributed by atoms with Crippen molar-refractivity contribution in [2.45, 2.75) is 19.9 Å². The number of hydrogen-bond acceptors (Lipinski definition) is 5. The second-order valence-corrected chi connectivity index (χ2v) is 4.86. The Hall–Kier alpha value is -1.59. The average Bonchev–Trinajstić information content (AvgIpc) is 2.91. The molecule has 20 heavy (non-hydrogen) atoms. The topological polar surface area (TPSA) is 48.0 Å². The minimum Gasteiger partial charge on any atom is -0.454 e. The molecule has 1 aromatic carbocycles. The van der Waals surface area contributed by atoms with E-state index in [0.29, 0.717) is 30.2 Å². The van der Waals surface area contributed by atoms with Crippen molar-refractivity contribution in [2.75, 3.05) is 33.6 Å². The molecule has 1 heterocycles. The summed E-state index contributed by atoms with van der Waals surface area (Å²) < 4.78 is 15.7. The molecule has 0 aliphatic carbocycles. The highest BCUT2D eigenvalue weighted by Crippen LogP contribution is 2.32. The molecule has 0 amide bonds. The molecule has 0 radical (unpaired) electrons. The van der Waals surface area contributed by atoms with Crippen molar-refractivity contribution in [1.82, 2.24) is 4.90 Å². The molecule has 1 unspecified atom stereocenters. The normalized spacial score (nSPS) is 14.6. The maximum atomic E-state index is 12.3. The van der Waals surface area contributed by atoms with Gasteiger partial charge in [-0.15, -0.1) is 0 Å². The van der Waals surface area contributed by atoms with Crippen molar-refractivity contribution < 1.29 is 19.0 Å². The number of methoxy groups -OCH3 is 1. The third kappa shape index (κ3) is 3.29. The highest BCUT2D eigenvalue weighted by molar-refractivity contribution is 5.98. The van der Waals surface area contributed by atoms with Crippen LogP contribution in [0.3, 0.4) is 0 Å². The van der Waals surface area contributed by atoms with Gasteiger partial charge in [-0.1, -0.05) is 6.92 Å². The lowest BCUT2D eigenvalue weighted by atomic mass is 10.1. The van der Waals surface area contributed by atoms with Gasteiger partial charge in [-0.05, 0) is 31.7 Å². The Balaban J connectivity index is 2.03. The molecule has 5 heteroatoms. The number of fused-ring (bicyclic) bond motifs is 1. The fourth-order valence-corrected chi connectivity index (χ4v) is 2.27. The van der Waals surface area contributed by atoms with Crippen molar-refractivity contribution in [3.63, 3.8) is 0 Å². The number of likely N-dealkylation sites (N-methyl/N-ethyl adjacent to an activating group) is 1. The third-order valence-electron chi connectivity index (χ3n) is 3.48. The highest BCUT2D eigenvalue weighted by atomic mass is 16.7. The summed E-state index contributed by atoms with van der Waals surface area (Å²) in [7, 11) is 1.67. The molecule has 0 fully saturated rings. The van der Waals surface area contributed by atoms with Gasteiger partial charge < -0.3 is 14.2 Å². The lowest BCUT2D eigenvalue weighted by molar-refractivity contribution is 0.0787. The van der Waals surface area contributed by atoms with E-state index in [2.05, 4.69) is 11.8 Å². The summed E-state index contributed by atoms with van der Waals surface area (Å²) in [6.45, 7) is 6.11. The summed E-state index contributed by atoms with van der Waals surface area (Å²) in [6.07, 6.45) is 0. The van der Waals surface area contributed by atoms with Crippen LogP contribution >= 0.6 is 0 Å². The van der Waals surface area contributed by atoms with E-state index in [1.807, 2.05) is 6.92 Å². The lowest BCUT2D eigenvalue weighted by Crippen LogP contribution is -2.39. The second-order valence-electron chi connectivity index (χ2n) is 4.86. The van der Waals surface area contributed by atoms with E-state index in [4.69, 9.17) is 14.2 Å². The molecular formula is C15H21NO4. The maximum absolute atomic E-state index is 12.3. The van der Waals surface area contributed by atoms with Crippen molar-refractivity contribution >= 4 is 5.78 Å². The van der Waals surface area contributed by atoms with Gasteiger partial charge >= 0.3 is 0 Å². The van der Waals surface area contributed by atoms with E-state index in [1.54, 1.807) is 25.3 Å². The first kappa shape index (κ1) is 14.8. The summed E-state index contributed by atoms with van der Waals surface area (Å²) >= 11 is 0. The van der Waals surface area contributed by atoms with E-state index in [9.17, 15) is 4.79 Å². The van der Waals surface area contributed by atoms with Gasteiger partial charge in [0.1, 0.15) is 0 Å². The van der Waals surface area contributed by atoms with E-state index < -0.39 is 0 Å². The lowest BCUT2D eigenvalue weighted by Gasteiger charge is -2.26. The molecular weight excluding hydrogens is 258 g/mol. The Morgan fingerprint density at radius 1 is 1.40 bits per heavy atom. The first-order valence-electron chi connectivity index (χ1n) is 6.81. The zero-order chi connectivity index (χ0) is 14.5. The Kier molecular flexibility index (Phi) is 4.98. The molecule has 0 spiro atoms. The molecule has 0 aromatic heterocycles. The smallest absolute Gasteiger partial charge is 0.231 e. The third-order valence-corrected chi connectivity index (χ3v) is 3.48. The molecule has 110 valence electrons. The Morgan fingerprint density at radius 2 is 2.15 bits per heavy atom. The highest BCUT2D eigenvalue weighted by Gasteiger charge is 2.19. The molecule has 0 N–H and O–H groups in total.